The molecule has 0 atom stereocenters. The van der Waals surface area contributed by atoms with Gasteiger partial charge in [-0.2, -0.15) is 13.2 Å². The molecule has 4 nitrogen and oxygen atoms in total. The number of aromatic amines is 1. The molecular weight excluding hydrogens is 261 g/mol. The van der Waals surface area contributed by atoms with Crippen molar-refractivity contribution in [3.05, 3.63) is 44.6 Å². The van der Waals surface area contributed by atoms with Gasteiger partial charge in [0.25, 0.3) is 5.56 Å². The van der Waals surface area contributed by atoms with Crippen molar-refractivity contribution in [3.63, 3.8) is 0 Å². The number of benzene rings is 1. The van der Waals surface area contributed by atoms with Gasteiger partial charge in [-0.05, 0) is 18.6 Å². The molecule has 0 amide bonds. The van der Waals surface area contributed by atoms with Crippen molar-refractivity contribution < 1.29 is 13.2 Å². The number of halogens is 3. The molecule has 19 heavy (non-hydrogen) atoms. The van der Waals surface area contributed by atoms with Gasteiger partial charge in [0.2, 0.25) is 0 Å². The molecule has 0 radical (unpaired) electrons. The van der Waals surface area contributed by atoms with Crippen molar-refractivity contribution in [1.82, 2.24) is 9.55 Å². The first-order valence-electron chi connectivity index (χ1n) is 5.69. The van der Waals surface area contributed by atoms with Gasteiger partial charge in [-0.3, -0.25) is 9.36 Å². The van der Waals surface area contributed by atoms with Crippen molar-refractivity contribution in [2.45, 2.75) is 26.1 Å². The van der Waals surface area contributed by atoms with E-state index in [4.69, 9.17) is 0 Å². The van der Waals surface area contributed by atoms with Crippen molar-refractivity contribution in [2.24, 2.45) is 0 Å². The maximum Gasteiger partial charge on any atom is 0.418 e. The number of para-hydroxylation sites is 1. The third kappa shape index (κ3) is 2.27. The number of alkyl halides is 3. The van der Waals surface area contributed by atoms with Crippen LogP contribution in [0, 0.1) is 0 Å². The number of hydrogen-bond donors (Lipinski definition) is 1. The SMILES string of the molecule is CCCn1c(=O)[nH]c2c(C(F)(F)F)cccc2c1=O. The predicted molar refractivity (Wildman–Crippen MR) is 64.1 cm³/mol. The van der Waals surface area contributed by atoms with E-state index in [1.165, 1.54) is 6.07 Å². The van der Waals surface area contributed by atoms with Crippen molar-refractivity contribution in [3.8, 4) is 0 Å². The Labute approximate surface area is 105 Å². The van der Waals surface area contributed by atoms with Crippen LogP contribution >= 0.6 is 0 Å². The summed E-state index contributed by atoms with van der Waals surface area (Å²) in [5.74, 6) is 0. The molecule has 0 spiro atoms. The Hall–Kier alpha value is -2.05. The Bertz CT molecular complexity index is 728. The Morgan fingerprint density at radius 3 is 2.53 bits per heavy atom. The van der Waals surface area contributed by atoms with Crippen molar-refractivity contribution in [2.75, 3.05) is 0 Å². The first kappa shape index (κ1) is 13.4. The zero-order valence-corrected chi connectivity index (χ0v) is 10.0. The molecule has 0 bridgehead atoms. The van der Waals surface area contributed by atoms with Gasteiger partial charge in [-0.25, -0.2) is 4.79 Å². The average Bonchev–Trinajstić information content (AvgIpc) is 2.32. The molecule has 0 aliphatic rings. The molecule has 7 heteroatoms. The Morgan fingerprint density at radius 2 is 1.95 bits per heavy atom. The summed E-state index contributed by atoms with van der Waals surface area (Å²) in [6.45, 7) is 1.93. The fraction of sp³-hybridized carbons (Fsp3) is 0.333. The highest BCUT2D eigenvalue weighted by Crippen LogP contribution is 2.32. The smallest absolute Gasteiger partial charge is 0.306 e. The van der Waals surface area contributed by atoms with E-state index < -0.39 is 28.5 Å². The molecule has 102 valence electrons. The minimum absolute atomic E-state index is 0.136. The molecule has 1 heterocycles. The van der Waals surface area contributed by atoms with Gasteiger partial charge in [0.1, 0.15) is 0 Å². The molecule has 0 unspecified atom stereocenters. The summed E-state index contributed by atoms with van der Waals surface area (Å²) in [6, 6.07) is 3.26. The number of nitrogens with zero attached hydrogens (tertiary/aromatic N) is 1. The highest BCUT2D eigenvalue weighted by molar-refractivity contribution is 5.81. The molecule has 2 aromatic rings. The zero-order chi connectivity index (χ0) is 14.2. The van der Waals surface area contributed by atoms with Crippen LogP contribution in [0.15, 0.2) is 27.8 Å². The number of aromatic nitrogens is 2. The summed E-state index contributed by atoms with van der Waals surface area (Å²) in [5, 5.41) is -0.136. The molecule has 1 aromatic heterocycles. The summed E-state index contributed by atoms with van der Waals surface area (Å²) in [5.41, 5.74) is -3.00. The number of rotatable bonds is 2. The highest BCUT2D eigenvalue weighted by Gasteiger charge is 2.33. The number of H-pyrrole nitrogens is 1. The molecule has 0 aliphatic heterocycles. The number of fused-ring (bicyclic) bond motifs is 1. The molecule has 1 aromatic carbocycles. The first-order chi connectivity index (χ1) is 8.86. The second-order valence-electron chi connectivity index (χ2n) is 4.11. The Morgan fingerprint density at radius 1 is 1.26 bits per heavy atom. The lowest BCUT2D eigenvalue weighted by atomic mass is 10.1. The molecule has 0 saturated carbocycles. The van der Waals surface area contributed by atoms with Crippen LogP contribution in [0.2, 0.25) is 0 Å². The molecule has 0 saturated heterocycles. The van der Waals surface area contributed by atoms with Gasteiger partial charge in [0.15, 0.2) is 0 Å². The summed E-state index contributed by atoms with van der Waals surface area (Å²) in [4.78, 5) is 25.8. The Balaban J connectivity index is 2.89. The third-order valence-electron chi connectivity index (χ3n) is 2.77. The molecular formula is C12H11F3N2O2. The largest absolute Gasteiger partial charge is 0.418 e. The third-order valence-corrected chi connectivity index (χ3v) is 2.77. The van der Waals surface area contributed by atoms with E-state index in [1.807, 2.05) is 0 Å². The standard InChI is InChI=1S/C12H11F3N2O2/c1-2-6-17-10(18)7-4-3-5-8(12(13,14)15)9(7)16-11(17)19/h3-5H,2,6H2,1H3,(H,16,19). The summed E-state index contributed by atoms with van der Waals surface area (Å²) < 4.78 is 39.3. The summed E-state index contributed by atoms with van der Waals surface area (Å²) in [7, 11) is 0. The van der Waals surface area contributed by atoms with Crippen LogP contribution in [0.4, 0.5) is 13.2 Å². The van der Waals surface area contributed by atoms with E-state index in [0.717, 1.165) is 16.7 Å². The van der Waals surface area contributed by atoms with E-state index in [0.29, 0.717) is 6.42 Å². The lowest BCUT2D eigenvalue weighted by Crippen LogP contribution is -2.35. The molecule has 0 fully saturated rings. The quantitative estimate of drug-likeness (QED) is 0.910. The van der Waals surface area contributed by atoms with Gasteiger partial charge in [0, 0.05) is 6.54 Å². The van der Waals surface area contributed by atoms with Gasteiger partial charge in [-0.1, -0.05) is 13.0 Å². The van der Waals surface area contributed by atoms with Crippen LogP contribution in [-0.2, 0) is 12.7 Å². The second-order valence-corrected chi connectivity index (χ2v) is 4.11. The predicted octanol–water partition coefficient (Wildman–Crippen LogP) is 2.12. The van der Waals surface area contributed by atoms with E-state index >= 15 is 0 Å². The van der Waals surface area contributed by atoms with Gasteiger partial charge in [-0.15, -0.1) is 0 Å². The second kappa shape index (κ2) is 4.56. The molecule has 0 aliphatic carbocycles. The van der Waals surface area contributed by atoms with E-state index in [2.05, 4.69) is 4.98 Å². The van der Waals surface area contributed by atoms with Gasteiger partial charge in [0.05, 0.1) is 16.5 Å². The van der Waals surface area contributed by atoms with Crippen LogP contribution in [0.5, 0.6) is 0 Å². The van der Waals surface area contributed by atoms with Gasteiger partial charge < -0.3 is 4.98 Å². The topological polar surface area (TPSA) is 54.9 Å². The van der Waals surface area contributed by atoms with Crippen LogP contribution in [0.3, 0.4) is 0 Å². The fourth-order valence-corrected chi connectivity index (χ4v) is 1.94. The minimum Gasteiger partial charge on any atom is -0.306 e. The maximum atomic E-state index is 12.8. The highest BCUT2D eigenvalue weighted by atomic mass is 19.4. The average molecular weight is 272 g/mol. The monoisotopic (exact) mass is 272 g/mol. The molecule has 1 N–H and O–H groups in total. The normalized spacial score (nSPS) is 12.0. The molecule has 2 rings (SSSR count). The summed E-state index contributed by atoms with van der Waals surface area (Å²) in [6.07, 6.45) is -4.08. The minimum atomic E-state index is -4.62. The lowest BCUT2D eigenvalue weighted by molar-refractivity contribution is -0.136. The Kier molecular flexibility index (Phi) is 3.21. The van der Waals surface area contributed by atoms with E-state index in [9.17, 15) is 22.8 Å². The van der Waals surface area contributed by atoms with Crippen LogP contribution in [0.1, 0.15) is 18.9 Å². The fourth-order valence-electron chi connectivity index (χ4n) is 1.94. The van der Waals surface area contributed by atoms with Crippen LogP contribution in [-0.4, -0.2) is 9.55 Å². The summed E-state index contributed by atoms with van der Waals surface area (Å²) >= 11 is 0. The van der Waals surface area contributed by atoms with Crippen molar-refractivity contribution >= 4 is 10.9 Å². The van der Waals surface area contributed by atoms with Crippen molar-refractivity contribution in [1.29, 1.82) is 0 Å². The van der Waals surface area contributed by atoms with Gasteiger partial charge >= 0.3 is 11.9 Å². The number of nitrogens with one attached hydrogen (secondary N) is 1. The first-order valence-corrected chi connectivity index (χ1v) is 5.69. The lowest BCUT2D eigenvalue weighted by Gasteiger charge is -2.11. The van der Waals surface area contributed by atoms with Crippen LogP contribution in [0.25, 0.3) is 10.9 Å². The van der Waals surface area contributed by atoms with E-state index in [-0.39, 0.29) is 11.9 Å². The van der Waals surface area contributed by atoms with Crippen LogP contribution < -0.4 is 11.2 Å². The zero-order valence-electron chi connectivity index (χ0n) is 10.0. The number of hydrogen-bond acceptors (Lipinski definition) is 2. The van der Waals surface area contributed by atoms with E-state index in [1.54, 1.807) is 6.92 Å². The maximum absolute atomic E-state index is 12.8.